The lowest BCUT2D eigenvalue weighted by atomic mass is 10.1. The van der Waals surface area contributed by atoms with Crippen LogP contribution in [-0.4, -0.2) is 15.5 Å². The van der Waals surface area contributed by atoms with Crippen molar-refractivity contribution in [1.82, 2.24) is 9.55 Å². The third-order valence-corrected chi connectivity index (χ3v) is 5.47. The molecule has 3 N–H and O–H groups in total. The summed E-state index contributed by atoms with van der Waals surface area (Å²) in [7, 11) is 0. The summed E-state index contributed by atoms with van der Waals surface area (Å²) in [5.74, 6) is -0.440. The number of aryl methyl sites for hydroxylation is 1. The van der Waals surface area contributed by atoms with E-state index in [9.17, 15) is 14.4 Å². The molecular formula is C26H24N4O3. The fourth-order valence-corrected chi connectivity index (χ4v) is 3.74. The minimum atomic E-state index is -0.709. The van der Waals surface area contributed by atoms with Crippen LogP contribution in [0.3, 0.4) is 0 Å². The van der Waals surface area contributed by atoms with Crippen molar-refractivity contribution in [1.29, 1.82) is 0 Å². The average molecular weight is 441 g/mol. The van der Waals surface area contributed by atoms with Crippen LogP contribution in [-0.2, 0) is 13.1 Å². The van der Waals surface area contributed by atoms with Crippen LogP contribution in [0.2, 0.25) is 0 Å². The molecule has 7 heteroatoms. The molecule has 0 bridgehead atoms. The molecular weight excluding hydrogens is 416 g/mol. The highest BCUT2D eigenvalue weighted by atomic mass is 16.2. The van der Waals surface area contributed by atoms with Crippen LogP contribution in [0.5, 0.6) is 0 Å². The molecule has 7 nitrogen and oxygen atoms in total. The van der Waals surface area contributed by atoms with Gasteiger partial charge in [-0.1, -0.05) is 78.9 Å². The quantitative estimate of drug-likeness (QED) is 0.480. The number of aromatic nitrogens is 2. The molecule has 1 amide bonds. The number of carbonyl (C=O) groups is 1. The zero-order chi connectivity index (χ0) is 23.4. The number of nitrogen functional groups attached to an aromatic ring is 1. The number of nitrogens with one attached hydrogen (secondary N) is 1. The number of nitrogens with zero attached hydrogens (tertiary/aromatic N) is 2. The van der Waals surface area contributed by atoms with E-state index in [-0.39, 0.29) is 30.5 Å². The number of carbonyl (C=O) groups excluding carboxylic acids is 1. The largest absolute Gasteiger partial charge is 0.383 e. The predicted molar refractivity (Wildman–Crippen MR) is 129 cm³/mol. The summed E-state index contributed by atoms with van der Waals surface area (Å²) >= 11 is 0. The summed E-state index contributed by atoms with van der Waals surface area (Å²) < 4.78 is 1.27. The molecule has 4 aromatic rings. The Morgan fingerprint density at radius 2 is 1.45 bits per heavy atom. The molecule has 0 atom stereocenters. The van der Waals surface area contributed by atoms with Crippen molar-refractivity contribution in [3.05, 3.63) is 128 Å². The Bertz CT molecular complexity index is 1390. The molecule has 0 aliphatic carbocycles. The number of hydrogen-bond acceptors (Lipinski definition) is 4. The first kappa shape index (κ1) is 21.8. The molecule has 1 heterocycles. The molecule has 166 valence electrons. The first-order valence-corrected chi connectivity index (χ1v) is 10.5. The Kier molecular flexibility index (Phi) is 6.22. The minimum absolute atomic E-state index is 0.0531. The van der Waals surface area contributed by atoms with E-state index >= 15 is 0 Å². The molecule has 0 fully saturated rings. The van der Waals surface area contributed by atoms with Crippen molar-refractivity contribution in [3.8, 4) is 0 Å². The van der Waals surface area contributed by atoms with Crippen LogP contribution in [0, 0.1) is 6.92 Å². The van der Waals surface area contributed by atoms with Crippen molar-refractivity contribution >= 4 is 17.4 Å². The maximum atomic E-state index is 13.7. The average Bonchev–Trinajstić information content (AvgIpc) is 2.82. The number of aromatic amines is 1. The first-order valence-electron chi connectivity index (χ1n) is 10.5. The molecule has 0 saturated carbocycles. The SMILES string of the molecule is Cc1ccccc1C(=O)N(Cc1ccccc1)c1c(N)n(Cc2ccccc2)c(=O)[nH]c1=O. The van der Waals surface area contributed by atoms with Gasteiger partial charge in [0.1, 0.15) is 5.82 Å². The van der Waals surface area contributed by atoms with Crippen molar-refractivity contribution in [2.45, 2.75) is 20.0 Å². The van der Waals surface area contributed by atoms with E-state index in [1.54, 1.807) is 12.1 Å². The third-order valence-electron chi connectivity index (χ3n) is 5.47. The Balaban J connectivity index is 1.87. The van der Waals surface area contributed by atoms with Gasteiger partial charge in [-0.3, -0.25) is 24.0 Å². The highest BCUT2D eigenvalue weighted by molar-refractivity contribution is 6.08. The van der Waals surface area contributed by atoms with E-state index in [0.717, 1.165) is 16.7 Å². The normalized spacial score (nSPS) is 10.7. The summed E-state index contributed by atoms with van der Waals surface area (Å²) in [6, 6.07) is 25.8. The predicted octanol–water partition coefficient (Wildman–Crippen LogP) is 3.32. The second-order valence-electron chi connectivity index (χ2n) is 7.76. The number of benzene rings is 3. The second-order valence-corrected chi connectivity index (χ2v) is 7.76. The van der Waals surface area contributed by atoms with Crippen LogP contribution < -0.4 is 21.9 Å². The fraction of sp³-hybridized carbons (Fsp3) is 0.115. The van der Waals surface area contributed by atoms with Crippen LogP contribution in [0.15, 0.2) is 94.5 Å². The summed E-state index contributed by atoms with van der Waals surface area (Å²) in [5, 5.41) is 0. The number of amides is 1. The molecule has 0 radical (unpaired) electrons. The van der Waals surface area contributed by atoms with Gasteiger partial charge < -0.3 is 5.73 Å². The molecule has 1 aromatic heterocycles. The monoisotopic (exact) mass is 440 g/mol. The highest BCUT2D eigenvalue weighted by Gasteiger charge is 2.26. The lowest BCUT2D eigenvalue weighted by Gasteiger charge is -2.25. The molecule has 33 heavy (non-hydrogen) atoms. The molecule has 0 saturated heterocycles. The van der Waals surface area contributed by atoms with Gasteiger partial charge in [0.25, 0.3) is 11.5 Å². The van der Waals surface area contributed by atoms with Crippen molar-refractivity contribution in [3.63, 3.8) is 0 Å². The Labute approximate surface area is 190 Å². The molecule has 3 aromatic carbocycles. The summed E-state index contributed by atoms with van der Waals surface area (Å²) in [6.07, 6.45) is 0. The lowest BCUT2D eigenvalue weighted by molar-refractivity contribution is 0.0984. The summed E-state index contributed by atoms with van der Waals surface area (Å²) in [6.45, 7) is 2.11. The third kappa shape index (κ3) is 4.62. The van der Waals surface area contributed by atoms with E-state index < -0.39 is 11.2 Å². The zero-order valence-electron chi connectivity index (χ0n) is 18.2. The fourth-order valence-electron chi connectivity index (χ4n) is 3.74. The van der Waals surface area contributed by atoms with Crippen molar-refractivity contribution in [2.75, 3.05) is 10.6 Å². The number of hydrogen-bond donors (Lipinski definition) is 2. The molecule has 0 aliphatic rings. The molecule has 0 spiro atoms. The van der Waals surface area contributed by atoms with Gasteiger partial charge in [0.15, 0.2) is 5.69 Å². The summed E-state index contributed by atoms with van der Waals surface area (Å²) in [5.41, 5.74) is 7.88. The molecule has 0 aliphatic heterocycles. The maximum absolute atomic E-state index is 13.7. The van der Waals surface area contributed by atoms with Gasteiger partial charge in [-0.05, 0) is 29.7 Å². The van der Waals surface area contributed by atoms with Crippen molar-refractivity contribution in [2.24, 2.45) is 0 Å². The van der Waals surface area contributed by atoms with Crippen molar-refractivity contribution < 1.29 is 4.79 Å². The molecule has 4 rings (SSSR count). The Morgan fingerprint density at radius 3 is 2.09 bits per heavy atom. The number of nitrogens with two attached hydrogens (primary N) is 1. The standard InChI is InChI=1S/C26H24N4O3/c1-18-10-8-9-15-21(18)25(32)29(16-19-11-4-2-5-12-19)22-23(27)30(26(33)28-24(22)31)17-20-13-6-3-7-14-20/h2-15H,16-17,27H2,1H3,(H,28,31,33). The Morgan fingerprint density at radius 1 is 0.879 bits per heavy atom. The number of anilines is 2. The smallest absolute Gasteiger partial charge is 0.330 e. The molecule has 0 unspecified atom stereocenters. The number of rotatable bonds is 6. The van der Waals surface area contributed by atoms with E-state index in [1.165, 1.54) is 9.47 Å². The van der Waals surface area contributed by atoms with Gasteiger partial charge in [-0.2, -0.15) is 0 Å². The van der Waals surface area contributed by atoms with Crippen LogP contribution >= 0.6 is 0 Å². The van der Waals surface area contributed by atoms with Crippen LogP contribution in [0.1, 0.15) is 27.0 Å². The van der Waals surface area contributed by atoms with E-state index in [2.05, 4.69) is 4.98 Å². The van der Waals surface area contributed by atoms with Gasteiger partial charge in [0.05, 0.1) is 13.1 Å². The minimum Gasteiger partial charge on any atom is -0.383 e. The lowest BCUT2D eigenvalue weighted by Crippen LogP contribution is -2.41. The maximum Gasteiger partial charge on any atom is 0.330 e. The van der Waals surface area contributed by atoms with Gasteiger partial charge in [-0.25, -0.2) is 4.79 Å². The van der Waals surface area contributed by atoms with Gasteiger partial charge in [0, 0.05) is 5.56 Å². The topological polar surface area (TPSA) is 101 Å². The second kappa shape index (κ2) is 9.40. The van der Waals surface area contributed by atoms with E-state index in [1.807, 2.05) is 79.7 Å². The van der Waals surface area contributed by atoms with Gasteiger partial charge in [0.2, 0.25) is 0 Å². The van der Waals surface area contributed by atoms with Gasteiger partial charge >= 0.3 is 5.69 Å². The van der Waals surface area contributed by atoms with Crippen LogP contribution in [0.25, 0.3) is 0 Å². The van der Waals surface area contributed by atoms with E-state index in [0.29, 0.717) is 5.56 Å². The van der Waals surface area contributed by atoms with E-state index in [4.69, 9.17) is 5.73 Å². The van der Waals surface area contributed by atoms with Crippen LogP contribution in [0.4, 0.5) is 11.5 Å². The summed E-state index contributed by atoms with van der Waals surface area (Å²) in [4.78, 5) is 42.9. The Hall–Kier alpha value is -4.39. The highest BCUT2D eigenvalue weighted by Crippen LogP contribution is 2.23. The first-order chi connectivity index (χ1) is 16.0. The zero-order valence-corrected chi connectivity index (χ0v) is 18.2. The van der Waals surface area contributed by atoms with Gasteiger partial charge in [-0.15, -0.1) is 0 Å². The number of H-pyrrole nitrogens is 1.